The molecule has 14 heavy (non-hydrogen) atoms. The van der Waals surface area contributed by atoms with Crippen molar-refractivity contribution in [2.24, 2.45) is 0 Å². The van der Waals surface area contributed by atoms with Crippen LogP contribution >= 0.6 is 0 Å². The van der Waals surface area contributed by atoms with E-state index in [1.807, 2.05) is 0 Å². The van der Waals surface area contributed by atoms with E-state index in [4.69, 9.17) is 9.84 Å². The molecule has 0 spiro atoms. The Hall–Kier alpha value is -1.09. The largest absolute Gasteiger partial charge is 0.488 e. The van der Waals surface area contributed by atoms with Gasteiger partial charge in [-0.25, -0.2) is 0 Å². The number of aliphatic hydroxyl groups excluding tert-OH is 1. The van der Waals surface area contributed by atoms with E-state index in [1.54, 1.807) is 18.5 Å². The monoisotopic (exact) mass is 193 g/mol. The van der Waals surface area contributed by atoms with E-state index in [2.05, 4.69) is 4.98 Å². The number of aliphatic hydroxyl groups is 1. The zero-order valence-corrected chi connectivity index (χ0v) is 8.15. The summed E-state index contributed by atoms with van der Waals surface area (Å²) in [6, 6.07) is 1.80. The van der Waals surface area contributed by atoms with Crippen LogP contribution in [-0.2, 0) is 6.61 Å². The van der Waals surface area contributed by atoms with E-state index in [0.29, 0.717) is 6.10 Å². The van der Waals surface area contributed by atoms with Crippen LogP contribution in [0.3, 0.4) is 0 Å². The molecule has 0 unspecified atom stereocenters. The molecule has 1 aromatic heterocycles. The average molecular weight is 193 g/mol. The second-order valence-electron chi connectivity index (χ2n) is 3.67. The Morgan fingerprint density at radius 1 is 1.43 bits per heavy atom. The van der Waals surface area contributed by atoms with Crippen molar-refractivity contribution in [3.63, 3.8) is 0 Å². The van der Waals surface area contributed by atoms with E-state index in [-0.39, 0.29) is 6.61 Å². The van der Waals surface area contributed by atoms with Gasteiger partial charge in [-0.1, -0.05) is 0 Å². The number of nitrogens with zero attached hydrogens (tertiary/aromatic N) is 1. The highest BCUT2D eigenvalue weighted by atomic mass is 16.5. The van der Waals surface area contributed by atoms with Crippen molar-refractivity contribution in [3.8, 4) is 5.75 Å². The van der Waals surface area contributed by atoms with Gasteiger partial charge in [-0.15, -0.1) is 0 Å². The molecule has 1 fully saturated rings. The maximum Gasteiger partial charge on any atom is 0.143 e. The quantitative estimate of drug-likeness (QED) is 0.797. The predicted octanol–water partition coefficient (Wildman–Crippen LogP) is 1.90. The standard InChI is InChI=1S/C11H15NO2/c13-8-9-5-6-12-7-11(9)14-10-3-1-2-4-10/h5-7,10,13H,1-4,8H2. The Kier molecular flexibility index (Phi) is 2.99. The van der Waals surface area contributed by atoms with Crippen molar-refractivity contribution in [2.75, 3.05) is 0 Å². The van der Waals surface area contributed by atoms with Gasteiger partial charge in [0.2, 0.25) is 0 Å². The highest BCUT2D eigenvalue weighted by Gasteiger charge is 2.17. The second kappa shape index (κ2) is 4.42. The molecular weight excluding hydrogens is 178 g/mol. The fourth-order valence-electron chi connectivity index (χ4n) is 1.83. The van der Waals surface area contributed by atoms with Crippen LogP contribution in [0, 0.1) is 0 Å². The minimum absolute atomic E-state index is 0.0184. The van der Waals surface area contributed by atoms with Gasteiger partial charge in [0.25, 0.3) is 0 Å². The maximum absolute atomic E-state index is 9.08. The predicted molar refractivity (Wildman–Crippen MR) is 53.0 cm³/mol. The van der Waals surface area contributed by atoms with Gasteiger partial charge in [-0.2, -0.15) is 0 Å². The first-order valence-corrected chi connectivity index (χ1v) is 5.10. The summed E-state index contributed by atoms with van der Waals surface area (Å²) in [6.07, 6.45) is 8.43. The zero-order valence-electron chi connectivity index (χ0n) is 8.15. The summed E-state index contributed by atoms with van der Waals surface area (Å²) in [5.74, 6) is 0.738. The number of hydrogen-bond acceptors (Lipinski definition) is 3. The normalized spacial score (nSPS) is 17.2. The molecule has 0 amide bonds. The molecule has 0 aromatic carbocycles. The molecule has 1 aromatic rings. The van der Waals surface area contributed by atoms with Crippen LogP contribution in [0.25, 0.3) is 0 Å². The highest BCUT2D eigenvalue weighted by molar-refractivity contribution is 5.29. The fourth-order valence-corrected chi connectivity index (χ4v) is 1.83. The molecule has 76 valence electrons. The van der Waals surface area contributed by atoms with Gasteiger partial charge < -0.3 is 9.84 Å². The number of rotatable bonds is 3. The van der Waals surface area contributed by atoms with Gasteiger partial charge in [-0.05, 0) is 31.7 Å². The highest BCUT2D eigenvalue weighted by Crippen LogP contribution is 2.25. The summed E-state index contributed by atoms with van der Waals surface area (Å²) >= 11 is 0. The summed E-state index contributed by atoms with van der Waals surface area (Å²) in [5.41, 5.74) is 0.826. The van der Waals surface area contributed by atoms with Gasteiger partial charge in [0.1, 0.15) is 5.75 Å². The number of pyridine rings is 1. The Balaban J connectivity index is 2.07. The van der Waals surface area contributed by atoms with Crippen LogP contribution in [0.2, 0.25) is 0 Å². The van der Waals surface area contributed by atoms with E-state index < -0.39 is 0 Å². The molecule has 0 saturated heterocycles. The minimum atomic E-state index is 0.0184. The second-order valence-corrected chi connectivity index (χ2v) is 3.67. The third-order valence-electron chi connectivity index (χ3n) is 2.64. The Morgan fingerprint density at radius 2 is 2.21 bits per heavy atom. The summed E-state index contributed by atoms with van der Waals surface area (Å²) in [4.78, 5) is 4.00. The molecule has 1 aliphatic carbocycles. The lowest BCUT2D eigenvalue weighted by Crippen LogP contribution is -2.12. The lowest BCUT2D eigenvalue weighted by molar-refractivity contribution is 0.198. The minimum Gasteiger partial charge on any atom is -0.488 e. The summed E-state index contributed by atoms with van der Waals surface area (Å²) in [5, 5.41) is 9.08. The van der Waals surface area contributed by atoms with E-state index in [0.717, 1.165) is 24.2 Å². The molecular formula is C11H15NO2. The molecule has 1 heterocycles. The SMILES string of the molecule is OCc1ccncc1OC1CCCC1. The first-order chi connectivity index (χ1) is 6.90. The van der Waals surface area contributed by atoms with Gasteiger partial charge in [0.05, 0.1) is 18.9 Å². The molecule has 0 aliphatic heterocycles. The van der Waals surface area contributed by atoms with Crippen molar-refractivity contribution >= 4 is 0 Å². The van der Waals surface area contributed by atoms with Crippen LogP contribution in [-0.4, -0.2) is 16.2 Å². The van der Waals surface area contributed by atoms with Crippen LogP contribution in [0.15, 0.2) is 18.5 Å². The van der Waals surface area contributed by atoms with Crippen molar-refractivity contribution in [1.29, 1.82) is 0 Å². The van der Waals surface area contributed by atoms with Gasteiger partial charge in [-0.3, -0.25) is 4.98 Å². The molecule has 0 bridgehead atoms. The average Bonchev–Trinajstić information content (AvgIpc) is 2.71. The molecule has 3 heteroatoms. The van der Waals surface area contributed by atoms with E-state index in [9.17, 15) is 0 Å². The molecule has 2 rings (SSSR count). The lowest BCUT2D eigenvalue weighted by Gasteiger charge is -2.14. The van der Waals surface area contributed by atoms with Crippen molar-refractivity contribution in [3.05, 3.63) is 24.0 Å². The summed E-state index contributed by atoms with van der Waals surface area (Å²) in [7, 11) is 0. The number of ether oxygens (including phenoxy) is 1. The van der Waals surface area contributed by atoms with Gasteiger partial charge in [0.15, 0.2) is 0 Å². The first-order valence-electron chi connectivity index (χ1n) is 5.10. The zero-order chi connectivity index (χ0) is 9.80. The molecule has 1 saturated carbocycles. The third kappa shape index (κ3) is 2.04. The van der Waals surface area contributed by atoms with Crippen LogP contribution in [0.1, 0.15) is 31.2 Å². The summed E-state index contributed by atoms with van der Waals surface area (Å²) in [6.45, 7) is 0.0184. The van der Waals surface area contributed by atoms with Crippen molar-refractivity contribution in [2.45, 2.75) is 38.4 Å². The first kappa shape index (κ1) is 9.46. The van der Waals surface area contributed by atoms with Crippen molar-refractivity contribution in [1.82, 2.24) is 4.98 Å². The Labute approximate surface area is 83.7 Å². The number of hydrogen-bond donors (Lipinski definition) is 1. The van der Waals surface area contributed by atoms with Gasteiger partial charge in [0, 0.05) is 11.8 Å². The molecule has 1 N–H and O–H groups in total. The maximum atomic E-state index is 9.08. The van der Waals surface area contributed by atoms with E-state index in [1.165, 1.54) is 12.8 Å². The topological polar surface area (TPSA) is 42.4 Å². The third-order valence-corrected chi connectivity index (χ3v) is 2.64. The van der Waals surface area contributed by atoms with E-state index >= 15 is 0 Å². The van der Waals surface area contributed by atoms with Crippen LogP contribution in [0.5, 0.6) is 5.75 Å². The smallest absolute Gasteiger partial charge is 0.143 e. The molecule has 1 aliphatic rings. The molecule has 0 atom stereocenters. The number of aromatic nitrogens is 1. The van der Waals surface area contributed by atoms with Crippen LogP contribution in [0.4, 0.5) is 0 Å². The van der Waals surface area contributed by atoms with Gasteiger partial charge >= 0.3 is 0 Å². The van der Waals surface area contributed by atoms with Crippen molar-refractivity contribution < 1.29 is 9.84 Å². The Morgan fingerprint density at radius 3 is 2.93 bits per heavy atom. The fraction of sp³-hybridized carbons (Fsp3) is 0.545. The summed E-state index contributed by atoms with van der Waals surface area (Å²) < 4.78 is 5.77. The lowest BCUT2D eigenvalue weighted by atomic mass is 10.2. The molecule has 0 radical (unpaired) electrons. The van der Waals surface area contributed by atoms with Crippen LogP contribution < -0.4 is 4.74 Å². The molecule has 3 nitrogen and oxygen atoms in total. The Bertz CT molecular complexity index is 295.